The molecule has 0 aliphatic rings. The summed E-state index contributed by atoms with van der Waals surface area (Å²) in [7, 11) is 4.60. The summed E-state index contributed by atoms with van der Waals surface area (Å²) in [6, 6.07) is 5.12. The van der Waals surface area contributed by atoms with E-state index < -0.39 is 6.10 Å². The third-order valence-electron chi connectivity index (χ3n) is 2.86. The summed E-state index contributed by atoms with van der Waals surface area (Å²) >= 11 is 0. The van der Waals surface area contributed by atoms with Crippen molar-refractivity contribution in [3.8, 4) is 17.2 Å². The summed E-state index contributed by atoms with van der Waals surface area (Å²) in [5.74, 6) is 1.49. The zero-order valence-electron chi connectivity index (χ0n) is 11.0. The number of ether oxygens (including phenoxy) is 3. The Balaban J connectivity index is 2.47. The van der Waals surface area contributed by atoms with Gasteiger partial charge in [-0.05, 0) is 23.8 Å². The van der Waals surface area contributed by atoms with Crippen LogP contribution < -0.4 is 14.2 Å². The van der Waals surface area contributed by atoms with E-state index in [9.17, 15) is 5.11 Å². The Bertz CT molecular complexity index is 508. The van der Waals surface area contributed by atoms with Gasteiger partial charge in [-0.3, -0.25) is 0 Å². The van der Waals surface area contributed by atoms with E-state index >= 15 is 0 Å². The molecule has 5 heteroatoms. The first kappa shape index (κ1) is 13.3. The van der Waals surface area contributed by atoms with E-state index in [1.165, 1.54) is 33.9 Å². The molecule has 1 unspecified atom stereocenters. The second-order valence-electron chi connectivity index (χ2n) is 3.92. The van der Waals surface area contributed by atoms with Gasteiger partial charge in [-0.1, -0.05) is 0 Å². The molecular weight excluding hydrogens is 248 g/mol. The summed E-state index contributed by atoms with van der Waals surface area (Å²) in [5.41, 5.74) is 1.30. The topological polar surface area (TPSA) is 61.1 Å². The largest absolute Gasteiger partial charge is 0.493 e. The summed E-state index contributed by atoms with van der Waals surface area (Å²) in [6.07, 6.45) is 2.19. The fourth-order valence-corrected chi connectivity index (χ4v) is 1.88. The molecule has 1 aromatic carbocycles. The smallest absolute Gasteiger partial charge is 0.203 e. The summed E-state index contributed by atoms with van der Waals surface area (Å²) in [4.78, 5) is 0. The lowest BCUT2D eigenvalue weighted by atomic mass is 10.0. The molecule has 1 N–H and O–H groups in total. The van der Waals surface area contributed by atoms with Crippen molar-refractivity contribution in [2.45, 2.75) is 6.10 Å². The van der Waals surface area contributed by atoms with E-state index in [1.54, 1.807) is 18.2 Å². The van der Waals surface area contributed by atoms with Crippen LogP contribution in [0.5, 0.6) is 17.2 Å². The van der Waals surface area contributed by atoms with Crippen molar-refractivity contribution in [2.24, 2.45) is 0 Å². The highest BCUT2D eigenvalue weighted by molar-refractivity contribution is 5.55. The minimum Gasteiger partial charge on any atom is -0.493 e. The van der Waals surface area contributed by atoms with E-state index in [2.05, 4.69) is 0 Å². The first-order chi connectivity index (χ1) is 9.21. The fourth-order valence-electron chi connectivity index (χ4n) is 1.88. The number of hydrogen-bond acceptors (Lipinski definition) is 5. The van der Waals surface area contributed by atoms with Gasteiger partial charge >= 0.3 is 0 Å². The first-order valence-corrected chi connectivity index (χ1v) is 5.71. The monoisotopic (exact) mass is 264 g/mol. The summed E-state index contributed by atoms with van der Waals surface area (Å²) < 4.78 is 20.7. The van der Waals surface area contributed by atoms with Gasteiger partial charge in [-0.15, -0.1) is 0 Å². The molecule has 0 radical (unpaired) electrons. The highest BCUT2D eigenvalue weighted by Gasteiger charge is 2.18. The Hall–Kier alpha value is -2.14. The molecule has 0 aliphatic heterocycles. The van der Waals surface area contributed by atoms with Crippen LogP contribution >= 0.6 is 0 Å². The van der Waals surface area contributed by atoms with Crippen LogP contribution in [0.4, 0.5) is 0 Å². The number of benzene rings is 1. The predicted molar refractivity (Wildman–Crippen MR) is 68.9 cm³/mol. The van der Waals surface area contributed by atoms with Crippen LogP contribution in [0.25, 0.3) is 0 Å². The van der Waals surface area contributed by atoms with Gasteiger partial charge in [0, 0.05) is 5.56 Å². The lowest BCUT2D eigenvalue weighted by Gasteiger charge is -2.16. The molecule has 5 nitrogen and oxygen atoms in total. The molecule has 0 amide bonds. The molecule has 0 aliphatic carbocycles. The first-order valence-electron chi connectivity index (χ1n) is 5.71. The molecule has 1 heterocycles. The average Bonchev–Trinajstić information content (AvgIpc) is 2.98. The van der Waals surface area contributed by atoms with Gasteiger partial charge in [0.1, 0.15) is 6.10 Å². The molecule has 2 aromatic rings. The molecule has 102 valence electrons. The van der Waals surface area contributed by atoms with E-state index in [-0.39, 0.29) is 0 Å². The third-order valence-corrected chi connectivity index (χ3v) is 2.86. The second-order valence-corrected chi connectivity index (χ2v) is 3.92. The molecule has 0 fully saturated rings. The highest BCUT2D eigenvalue weighted by atomic mass is 16.5. The summed E-state index contributed by atoms with van der Waals surface area (Å²) in [6.45, 7) is 0. The number of aliphatic hydroxyl groups is 1. The quantitative estimate of drug-likeness (QED) is 0.898. The Labute approximate surface area is 111 Å². The lowest BCUT2D eigenvalue weighted by Crippen LogP contribution is -2.02. The molecular formula is C14H16O5. The van der Waals surface area contributed by atoms with Crippen molar-refractivity contribution < 1.29 is 23.7 Å². The van der Waals surface area contributed by atoms with Gasteiger partial charge in [0.25, 0.3) is 0 Å². The third kappa shape index (κ3) is 2.51. The minimum absolute atomic E-state index is 0.494. The summed E-state index contributed by atoms with van der Waals surface area (Å²) in [5, 5.41) is 10.3. The number of hydrogen-bond donors (Lipinski definition) is 1. The Kier molecular flexibility index (Phi) is 3.97. The van der Waals surface area contributed by atoms with Crippen LogP contribution in [0.2, 0.25) is 0 Å². The van der Waals surface area contributed by atoms with Gasteiger partial charge in [-0.2, -0.15) is 0 Å². The van der Waals surface area contributed by atoms with Crippen LogP contribution in [-0.4, -0.2) is 26.4 Å². The second kappa shape index (κ2) is 5.67. The Morgan fingerprint density at radius 3 is 2.05 bits per heavy atom. The number of aliphatic hydroxyl groups excluding tert-OH is 1. The van der Waals surface area contributed by atoms with Gasteiger partial charge in [0.05, 0.1) is 33.9 Å². The van der Waals surface area contributed by atoms with Crippen molar-refractivity contribution in [3.63, 3.8) is 0 Å². The van der Waals surface area contributed by atoms with Crippen molar-refractivity contribution in [3.05, 3.63) is 41.9 Å². The average molecular weight is 264 g/mol. The molecule has 0 saturated carbocycles. The van der Waals surface area contributed by atoms with Gasteiger partial charge in [-0.25, -0.2) is 0 Å². The lowest BCUT2D eigenvalue weighted by molar-refractivity contribution is 0.217. The maximum absolute atomic E-state index is 10.3. The normalized spacial score (nSPS) is 12.0. The zero-order chi connectivity index (χ0) is 13.8. The maximum atomic E-state index is 10.3. The molecule has 19 heavy (non-hydrogen) atoms. The van der Waals surface area contributed by atoms with E-state index in [4.69, 9.17) is 18.6 Å². The number of rotatable bonds is 5. The van der Waals surface area contributed by atoms with Crippen LogP contribution in [-0.2, 0) is 0 Å². The highest BCUT2D eigenvalue weighted by Crippen LogP contribution is 2.40. The van der Waals surface area contributed by atoms with Crippen molar-refractivity contribution in [1.82, 2.24) is 0 Å². The molecule has 1 aromatic heterocycles. The molecule has 0 saturated heterocycles. The minimum atomic E-state index is -0.813. The van der Waals surface area contributed by atoms with E-state index in [0.717, 1.165) is 0 Å². The molecule has 0 spiro atoms. The van der Waals surface area contributed by atoms with Crippen molar-refractivity contribution in [1.29, 1.82) is 0 Å². The SMILES string of the molecule is COc1cc(C(O)c2ccoc2)cc(OC)c1OC. The van der Waals surface area contributed by atoms with Crippen LogP contribution in [0.1, 0.15) is 17.2 Å². The Morgan fingerprint density at radius 2 is 1.63 bits per heavy atom. The van der Waals surface area contributed by atoms with Crippen LogP contribution in [0.3, 0.4) is 0 Å². The van der Waals surface area contributed by atoms with Crippen LogP contribution in [0.15, 0.2) is 35.1 Å². The van der Waals surface area contributed by atoms with Crippen molar-refractivity contribution in [2.75, 3.05) is 21.3 Å². The van der Waals surface area contributed by atoms with Gasteiger partial charge < -0.3 is 23.7 Å². The zero-order valence-corrected chi connectivity index (χ0v) is 11.0. The molecule has 0 bridgehead atoms. The van der Waals surface area contributed by atoms with Crippen molar-refractivity contribution >= 4 is 0 Å². The number of methoxy groups -OCH3 is 3. The molecule has 2 rings (SSSR count). The van der Waals surface area contributed by atoms with Gasteiger partial charge in [0.15, 0.2) is 11.5 Å². The van der Waals surface area contributed by atoms with Crippen LogP contribution in [0, 0.1) is 0 Å². The number of furan rings is 1. The maximum Gasteiger partial charge on any atom is 0.203 e. The Morgan fingerprint density at radius 1 is 1.00 bits per heavy atom. The predicted octanol–water partition coefficient (Wildman–Crippen LogP) is 2.39. The van der Waals surface area contributed by atoms with Gasteiger partial charge in [0.2, 0.25) is 5.75 Å². The fraction of sp³-hybridized carbons (Fsp3) is 0.286. The van der Waals surface area contributed by atoms with E-state index in [1.807, 2.05) is 0 Å². The molecule has 1 atom stereocenters. The van der Waals surface area contributed by atoms with E-state index in [0.29, 0.717) is 28.4 Å². The standard InChI is InChI=1S/C14H16O5/c1-16-11-6-10(7-12(17-2)14(11)18-3)13(15)9-4-5-19-8-9/h4-8,13,15H,1-3H3.